The van der Waals surface area contributed by atoms with E-state index < -0.39 is 0 Å². The molecule has 0 saturated heterocycles. The fourth-order valence-corrected chi connectivity index (χ4v) is 4.28. The van der Waals surface area contributed by atoms with Crippen LogP contribution in [0.4, 0.5) is 0 Å². The Labute approximate surface area is 168 Å². The molecule has 0 bridgehead atoms. The molecule has 0 N–H and O–H groups in total. The molecule has 6 heteroatoms. The van der Waals surface area contributed by atoms with Gasteiger partial charge >= 0.3 is 0 Å². The summed E-state index contributed by atoms with van der Waals surface area (Å²) in [5, 5.41) is 2.83. The monoisotopic (exact) mass is 394 g/mol. The molecule has 0 aliphatic carbocycles. The van der Waals surface area contributed by atoms with Gasteiger partial charge < -0.3 is 14.4 Å². The van der Waals surface area contributed by atoms with Gasteiger partial charge in [0.15, 0.2) is 11.5 Å². The van der Waals surface area contributed by atoms with E-state index >= 15 is 0 Å². The van der Waals surface area contributed by atoms with Crippen LogP contribution in [0.1, 0.15) is 16.8 Å². The van der Waals surface area contributed by atoms with Gasteiger partial charge in [-0.15, -0.1) is 11.3 Å². The summed E-state index contributed by atoms with van der Waals surface area (Å²) in [6.45, 7) is 1.45. The number of hydrogen-bond acceptors (Lipinski definition) is 5. The Bertz CT molecular complexity index is 999. The number of benzene rings is 2. The van der Waals surface area contributed by atoms with Crippen molar-refractivity contribution in [3.05, 3.63) is 64.7 Å². The topological polar surface area (TPSA) is 51.7 Å². The van der Waals surface area contributed by atoms with E-state index in [2.05, 4.69) is 23.2 Å². The lowest BCUT2D eigenvalue weighted by Crippen LogP contribution is -2.36. The molecule has 0 saturated carbocycles. The zero-order chi connectivity index (χ0) is 19.5. The van der Waals surface area contributed by atoms with Crippen molar-refractivity contribution in [2.75, 3.05) is 20.8 Å². The minimum atomic E-state index is 0.124. The fourth-order valence-electron chi connectivity index (χ4n) is 3.47. The molecule has 28 heavy (non-hydrogen) atoms. The smallest absolute Gasteiger partial charge is 0.228 e. The van der Waals surface area contributed by atoms with Gasteiger partial charge in [-0.25, -0.2) is 4.98 Å². The number of thiazole rings is 1. The Hall–Kier alpha value is -2.86. The highest BCUT2D eigenvalue weighted by Gasteiger charge is 2.21. The number of carbonyl (C=O) groups excluding carboxylic acids is 1. The summed E-state index contributed by atoms with van der Waals surface area (Å²) in [4.78, 5) is 19.4. The number of hydrogen-bond donors (Lipinski definition) is 0. The molecule has 1 amide bonds. The van der Waals surface area contributed by atoms with E-state index in [4.69, 9.17) is 9.47 Å². The summed E-state index contributed by atoms with van der Waals surface area (Å²) in [5.41, 5.74) is 4.34. The second kappa shape index (κ2) is 8.02. The van der Waals surface area contributed by atoms with Crippen LogP contribution in [0.15, 0.2) is 47.8 Å². The highest BCUT2D eigenvalue weighted by atomic mass is 32.1. The number of methoxy groups -OCH3 is 2. The third-order valence-corrected chi connectivity index (χ3v) is 5.94. The molecule has 0 unspecified atom stereocenters. The number of carbonyl (C=O) groups is 1. The molecule has 0 atom stereocenters. The summed E-state index contributed by atoms with van der Waals surface area (Å²) in [7, 11) is 3.23. The summed E-state index contributed by atoms with van der Waals surface area (Å²) < 4.78 is 10.7. The molecule has 3 aromatic rings. The summed E-state index contributed by atoms with van der Waals surface area (Å²) in [6, 6.07) is 14.1. The van der Waals surface area contributed by atoms with Gasteiger partial charge in [-0.3, -0.25) is 4.79 Å². The average molecular weight is 394 g/mol. The number of fused-ring (bicyclic) bond motifs is 1. The number of rotatable bonds is 5. The van der Waals surface area contributed by atoms with Gasteiger partial charge in [0.25, 0.3) is 0 Å². The van der Waals surface area contributed by atoms with Gasteiger partial charge in [0, 0.05) is 24.0 Å². The van der Waals surface area contributed by atoms with Crippen molar-refractivity contribution in [1.29, 1.82) is 0 Å². The number of amides is 1. The molecule has 0 radical (unpaired) electrons. The van der Waals surface area contributed by atoms with Crippen molar-refractivity contribution in [3.63, 3.8) is 0 Å². The average Bonchev–Trinajstić information content (AvgIpc) is 3.21. The molecule has 144 valence electrons. The number of aromatic nitrogens is 1. The Morgan fingerprint density at radius 3 is 2.68 bits per heavy atom. The maximum Gasteiger partial charge on any atom is 0.228 e. The Kier molecular flexibility index (Phi) is 5.30. The standard InChI is InChI=1S/C22H22N2O3S/c1-26-19-8-7-16(11-20(19)27-2)22-23-18(14-28-22)12-21(25)24-10-9-15-5-3-4-6-17(15)13-24/h3-8,11,14H,9-10,12-13H2,1-2H3. The molecular weight excluding hydrogens is 372 g/mol. The molecule has 2 aromatic carbocycles. The maximum atomic E-state index is 12.8. The zero-order valence-electron chi connectivity index (χ0n) is 16.0. The van der Waals surface area contributed by atoms with Crippen LogP contribution in [-0.4, -0.2) is 36.6 Å². The number of ether oxygens (including phenoxy) is 2. The predicted molar refractivity (Wildman–Crippen MR) is 110 cm³/mol. The molecule has 1 aromatic heterocycles. The molecule has 0 spiro atoms. The largest absolute Gasteiger partial charge is 0.493 e. The van der Waals surface area contributed by atoms with Crippen LogP contribution in [0.5, 0.6) is 11.5 Å². The lowest BCUT2D eigenvalue weighted by molar-refractivity contribution is -0.131. The summed E-state index contributed by atoms with van der Waals surface area (Å²) >= 11 is 1.53. The SMILES string of the molecule is COc1ccc(-c2nc(CC(=O)N3CCc4ccccc4C3)cs2)cc1OC. The molecular formula is C22H22N2O3S. The first kappa shape index (κ1) is 18.5. The van der Waals surface area contributed by atoms with E-state index in [1.807, 2.05) is 34.5 Å². The van der Waals surface area contributed by atoms with E-state index in [0.717, 1.165) is 29.2 Å². The fraction of sp³-hybridized carbons (Fsp3) is 0.273. The quantitative estimate of drug-likeness (QED) is 0.657. The van der Waals surface area contributed by atoms with Crippen LogP contribution < -0.4 is 9.47 Å². The van der Waals surface area contributed by atoms with Gasteiger partial charge in [-0.2, -0.15) is 0 Å². The molecule has 1 aliphatic heterocycles. The van der Waals surface area contributed by atoms with Crippen LogP contribution in [0.3, 0.4) is 0 Å². The van der Waals surface area contributed by atoms with Gasteiger partial charge in [-0.1, -0.05) is 24.3 Å². The van der Waals surface area contributed by atoms with Crippen LogP contribution in [0, 0.1) is 0 Å². The second-order valence-electron chi connectivity index (χ2n) is 6.72. The molecule has 1 aliphatic rings. The van der Waals surface area contributed by atoms with Crippen LogP contribution >= 0.6 is 11.3 Å². The van der Waals surface area contributed by atoms with Crippen molar-refractivity contribution in [3.8, 4) is 22.1 Å². The first-order chi connectivity index (χ1) is 13.7. The number of nitrogens with zero attached hydrogens (tertiary/aromatic N) is 2. The van der Waals surface area contributed by atoms with Crippen molar-refractivity contribution >= 4 is 17.2 Å². The molecule has 4 rings (SSSR count). The van der Waals surface area contributed by atoms with E-state index in [0.29, 0.717) is 24.5 Å². The first-order valence-corrected chi connectivity index (χ1v) is 10.1. The third kappa shape index (κ3) is 3.73. The summed E-state index contributed by atoms with van der Waals surface area (Å²) in [5.74, 6) is 1.47. The van der Waals surface area contributed by atoms with Gasteiger partial charge in [0.2, 0.25) is 5.91 Å². The zero-order valence-corrected chi connectivity index (χ0v) is 16.8. The predicted octanol–water partition coefficient (Wildman–Crippen LogP) is 3.95. The van der Waals surface area contributed by atoms with Crippen molar-refractivity contribution < 1.29 is 14.3 Å². The van der Waals surface area contributed by atoms with Gasteiger partial charge in [-0.05, 0) is 35.7 Å². The van der Waals surface area contributed by atoms with Crippen LogP contribution in [0.25, 0.3) is 10.6 Å². The van der Waals surface area contributed by atoms with E-state index in [-0.39, 0.29) is 5.91 Å². The van der Waals surface area contributed by atoms with Gasteiger partial charge in [0.05, 0.1) is 26.3 Å². The lowest BCUT2D eigenvalue weighted by Gasteiger charge is -2.28. The Morgan fingerprint density at radius 1 is 1.11 bits per heavy atom. The van der Waals surface area contributed by atoms with Crippen LogP contribution in [-0.2, 0) is 24.2 Å². The Balaban J connectivity index is 1.46. The highest BCUT2D eigenvalue weighted by Crippen LogP contribution is 2.33. The van der Waals surface area contributed by atoms with Gasteiger partial charge in [0.1, 0.15) is 5.01 Å². The lowest BCUT2D eigenvalue weighted by atomic mass is 10.00. The normalized spacial score (nSPS) is 13.1. The second-order valence-corrected chi connectivity index (χ2v) is 7.58. The van der Waals surface area contributed by atoms with Crippen molar-refractivity contribution in [2.45, 2.75) is 19.4 Å². The first-order valence-electron chi connectivity index (χ1n) is 9.19. The van der Waals surface area contributed by atoms with Crippen molar-refractivity contribution in [2.24, 2.45) is 0 Å². The van der Waals surface area contributed by atoms with Crippen molar-refractivity contribution in [1.82, 2.24) is 9.88 Å². The third-order valence-electron chi connectivity index (χ3n) is 5.00. The summed E-state index contributed by atoms with van der Waals surface area (Å²) in [6.07, 6.45) is 1.24. The minimum Gasteiger partial charge on any atom is -0.493 e. The van der Waals surface area contributed by atoms with E-state index in [1.54, 1.807) is 14.2 Å². The Morgan fingerprint density at radius 2 is 1.89 bits per heavy atom. The van der Waals surface area contributed by atoms with E-state index in [9.17, 15) is 4.79 Å². The maximum absolute atomic E-state index is 12.8. The molecule has 5 nitrogen and oxygen atoms in total. The molecule has 0 fully saturated rings. The van der Waals surface area contributed by atoms with E-state index in [1.165, 1.54) is 22.5 Å². The van der Waals surface area contributed by atoms with Crippen LogP contribution in [0.2, 0.25) is 0 Å². The highest BCUT2D eigenvalue weighted by molar-refractivity contribution is 7.13. The molecule has 2 heterocycles. The minimum absolute atomic E-state index is 0.124.